The van der Waals surface area contributed by atoms with E-state index in [9.17, 15) is 9.59 Å². The largest absolute Gasteiger partial charge is 0.488 e. The average Bonchev–Trinajstić information content (AvgIpc) is 2.47. The van der Waals surface area contributed by atoms with Gasteiger partial charge in [-0.1, -0.05) is 18.2 Å². The highest BCUT2D eigenvalue weighted by Gasteiger charge is 2.23. The first-order valence-electron chi connectivity index (χ1n) is 6.43. The second-order valence-electron chi connectivity index (χ2n) is 4.46. The number of carbonyl (C=O) groups is 2. The number of hydrogen-bond donors (Lipinski definition) is 2. The predicted molar refractivity (Wildman–Crippen MR) is 73.7 cm³/mol. The molecule has 0 aliphatic carbocycles. The standard InChI is InChI=1S/C14H20N2O4/c1-11(13(17)15-14(18)19-3)16(2)9-10-20-12-7-5-4-6-8-12/h4-8,11H,9-10H2,1-3H3,(H,15,17,18)/p+1/t11-/m1/s1. The highest BCUT2D eigenvalue weighted by molar-refractivity contribution is 5.93. The Morgan fingerprint density at radius 1 is 1.30 bits per heavy atom. The molecule has 0 fully saturated rings. The minimum absolute atomic E-state index is 0.367. The molecule has 0 heterocycles. The van der Waals surface area contributed by atoms with E-state index in [1.165, 1.54) is 7.11 Å². The van der Waals surface area contributed by atoms with E-state index in [0.717, 1.165) is 10.6 Å². The number of amides is 2. The van der Waals surface area contributed by atoms with Crippen molar-refractivity contribution in [3.8, 4) is 5.75 Å². The summed E-state index contributed by atoms with van der Waals surface area (Å²) in [4.78, 5) is 23.6. The molecule has 0 saturated carbocycles. The predicted octanol–water partition coefficient (Wildman–Crippen LogP) is -0.149. The Hall–Kier alpha value is -2.08. The van der Waals surface area contributed by atoms with Crippen LogP contribution in [0.5, 0.6) is 5.75 Å². The van der Waals surface area contributed by atoms with E-state index >= 15 is 0 Å². The van der Waals surface area contributed by atoms with Crippen LogP contribution in [-0.4, -0.2) is 45.4 Å². The molecule has 0 saturated heterocycles. The minimum Gasteiger partial charge on any atom is -0.488 e. The number of ether oxygens (including phenoxy) is 2. The Bertz CT molecular complexity index is 436. The summed E-state index contributed by atoms with van der Waals surface area (Å²) in [5, 5.41) is 2.16. The van der Waals surface area contributed by atoms with E-state index in [1.807, 2.05) is 37.4 Å². The molecule has 0 aromatic heterocycles. The number of imide groups is 1. The molecule has 0 spiro atoms. The Labute approximate surface area is 118 Å². The molecule has 20 heavy (non-hydrogen) atoms. The van der Waals surface area contributed by atoms with Crippen molar-refractivity contribution in [1.29, 1.82) is 0 Å². The molecular weight excluding hydrogens is 260 g/mol. The van der Waals surface area contributed by atoms with Crippen molar-refractivity contribution in [2.75, 3.05) is 27.3 Å². The molecule has 110 valence electrons. The summed E-state index contributed by atoms with van der Waals surface area (Å²) < 4.78 is 9.95. The zero-order valence-electron chi connectivity index (χ0n) is 12.0. The lowest BCUT2D eigenvalue weighted by atomic mass is 10.3. The van der Waals surface area contributed by atoms with Crippen molar-refractivity contribution in [3.05, 3.63) is 30.3 Å². The van der Waals surface area contributed by atoms with Crippen LogP contribution in [-0.2, 0) is 9.53 Å². The highest BCUT2D eigenvalue weighted by atomic mass is 16.5. The maximum Gasteiger partial charge on any atom is 0.413 e. The van der Waals surface area contributed by atoms with Crippen molar-refractivity contribution in [1.82, 2.24) is 5.32 Å². The molecule has 0 bridgehead atoms. The number of likely N-dealkylation sites (N-methyl/N-ethyl adjacent to an activating group) is 1. The molecule has 2 amide bonds. The molecule has 1 aromatic carbocycles. The Balaban J connectivity index is 2.32. The average molecular weight is 281 g/mol. The van der Waals surface area contributed by atoms with Gasteiger partial charge in [-0.15, -0.1) is 0 Å². The fourth-order valence-corrected chi connectivity index (χ4v) is 1.55. The smallest absolute Gasteiger partial charge is 0.413 e. The summed E-state index contributed by atoms with van der Waals surface area (Å²) in [6, 6.07) is 9.11. The van der Waals surface area contributed by atoms with Crippen molar-refractivity contribution in [2.45, 2.75) is 13.0 Å². The molecule has 1 rings (SSSR count). The van der Waals surface area contributed by atoms with E-state index in [-0.39, 0.29) is 11.9 Å². The lowest BCUT2D eigenvalue weighted by Crippen LogP contribution is -3.14. The summed E-state index contributed by atoms with van der Waals surface area (Å²) in [7, 11) is 3.09. The number of rotatable bonds is 6. The van der Waals surface area contributed by atoms with Crippen molar-refractivity contribution in [3.63, 3.8) is 0 Å². The van der Waals surface area contributed by atoms with Gasteiger partial charge in [0.25, 0.3) is 5.91 Å². The summed E-state index contributed by atoms with van der Waals surface area (Å²) in [6.45, 7) is 2.88. The Morgan fingerprint density at radius 3 is 2.55 bits per heavy atom. The first-order valence-corrected chi connectivity index (χ1v) is 6.43. The third-order valence-corrected chi connectivity index (χ3v) is 3.05. The number of quaternary nitrogens is 1. The second-order valence-corrected chi connectivity index (χ2v) is 4.46. The molecule has 1 aromatic rings. The fraction of sp³-hybridized carbons (Fsp3) is 0.429. The summed E-state index contributed by atoms with van der Waals surface area (Å²) in [6.07, 6.45) is -0.741. The van der Waals surface area contributed by atoms with Gasteiger partial charge in [-0.25, -0.2) is 4.79 Å². The summed E-state index contributed by atoms with van der Waals surface area (Å²) in [5.74, 6) is 0.432. The highest BCUT2D eigenvalue weighted by Crippen LogP contribution is 2.07. The molecular formula is C14H21N2O4+. The lowest BCUT2D eigenvalue weighted by molar-refractivity contribution is -0.894. The first kappa shape index (κ1) is 16.0. The van der Waals surface area contributed by atoms with Crippen LogP contribution in [0.2, 0.25) is 0 Å². The maximum absolute atomic E-state index is 11.7. The quantitative estimate of drug-likeness (QED) is 0.761. The minimum atomic E-state index is -0.741. The van der Waals surface area contributed by atoms with E-state index in [0.29, 0.717) is 13.2 Å². The zero-order valence-corrected chi connectivity index (χ0v) is 12.0. The summed E-state index contributed by atoms with van der Waals surface area (Å²) in [5.41, 5.74) is 0. The molecule has 6 nitrogen and oxygen atoms in total. The SMILES string of the molecule is COC(=O)NC(=O)[C@@H](C)[NH+](C)CCOc1ccccc1. The van der Waals surface area contributed by atoms with E-state index < -0.39 is 6.09 Å². The van der Waals surface area contributed by atoms with Crippen LogP contribution < -0.4 is 15.0 Å². The fourth-order valence-electron chi connectivity index (χ4n) is 1.55. The zero-order chi connectivity index (χ0) is 15.0. The van der Waals surface area contributed by atoms with E-state index in [2.05, 4.69) is 10.1 Å². The van der Waals surface area contributed by atoms with Crippen LogP contribution in [0, 0.1) is 0 Å². The van der Waals surface area contributed by atoms with Gasteiger partial charge in [0.2, 0.25) is 0 Å². The normalized spacial score (nSPS) is 13.2. The molecule has 1 unspecified atom stereocenters. The van der Waals surface area contributed by atoms with Crippen molar-refractivity contribution in [2.24, 2.45) is 0 Å². The van der Waals surface area contributed by atoms with Gasteiger partial charge in [0.05, 0.1) is 14.2 Å². The molecule has 0 aliphatic heterocycles. The maximum atomic E-state index is 11.7. The van der Waals surface area contributed by atoms with Gasteiger partial charge >= 0.3 is 6.09 Å². The molecule has 0 aliphatic rings. The number of nitrogens with one attached hydrogen (secondary N) is 2. The van der Waals surface area contributed by atoms with Crippen molar-refractivity contribution >= 4 is 12.0 Å². The molecule has 2 N–H and O–H groups in total. The van der Waals surface area contributed by atoms with Gasteiger partial charge in [-0.05, 0) is 19.1 Å². The van der Waals surface area contributed by atoms with Crippen LogP contribution in [0.3, 0.4) is 0 Å². The third kappa shape index (κ3) is 5.27. The van der Waals surface area contributed by atoms with Crippen LogP contribution in [0.25, 0.3) is 0 Å². The van der Waals surface area contributed by atoms with Gasteiger partial charge in [0.15, 0.2) is 6.04 Å². The molecule has 2 atom stereocenters. The van der Waals surface area contributed by atoms with Crippen LogP contribution in [0.4, 0.5) is 4.79 Å². The number of alkyl carbamates (subject to hydrolysis) is 1. The number of carbonyl (C=O) groups excluding carboxylic acids is 2. The molecule has 0 radical (unpaired) electrons. The van der Waals surface area contributed by atoms with Gasteiger partial charge in [0.1, 0.15) is 18.9 Å². The summed E-state index contributed by atoms with van der Waals surface area (Å²) >= 11 is 0. The van der Waals surface area contributed by atoms with E-state index in [4.69, 9.17) is 4.74 Å². The van der Waals surface area contributed by atoms with Gasteiger partial charge in [0, 0.05) is 0 Å². The van der Waals surface area contributed by atoms with E-state index in [1.54, 1.807) is 6.92 Å². The second kappa shape index (κ2) is 8.16. The first-order chi connectivity index (χ1) is 9.54. The van der Waals surface area contributed by atoms with Gasteiger partial charge in [-0.2, -0.15) is 0 Å². The third-order valence-electron chi connectivity index (χ3n) is 3.05. The topological polar surface area (TPSA) is 69.1 Å². The van der Waals surface area contributed by atoms with Crippen LogP contribution >= 0.6 is 0 Å². The number of benzene rings is 1. The van der Waals surface area contributed by atoms with Gasteiger partial charge in [-0.3, -0.25) is 10.1 Å². The molecule has 6 heteroatoms. The van der Waals surface area contributed by atoms with Crippen LogP contribution in [0.1, 0.15) is 6.92 Å². The Morgan fingerprint density at radius 2 is 1.95 bits per heavy atom. The number of methoxy groups -OCH3 is 1. The van der Waals surface area contributed by atoms with Crippen LogP contribution in [0.15, 0.2) is 30.3 Å². The Kier molecular flexibility index (Phi) is 6.52. The monoisotopic (exact) mass is 281 g/mol. The van der Waals surface area contributed by atoms with Gasteiger partial charge < -0.3 is 14.4 Å². The lowest BCUT2D eigenvalue weighted by Gasteiger charge is -2.20. The van der Waals surface area contributed by atoms with Crippen molar-refractivity contribution < 1.29 is 24.0 Å². The number of para-hydroxylation sites is 1. The number of hydrogen-bond acceptors (Lipinski definition) is 4.